The second kappa shape index (κ2) is 12.0. The maximum absolute atomic E-state index is 5.70. The Balaban J connectivity index is 1.60. The maximum Gasteiger partial charge on any atom is 0.191 e. The highest BCUT2D eigenvalue weighted by atomic mass is 16.5. The SMILES string of the molecule is CN=C(NCCCOCC1CCCO1)NCC(C)(C)NC(C)c1ccccc1. The number of nitrogens with one attached hydrogen (secondary N) is 3. The minimum Gasteiger partial charge on any atom is -0.379 e. The van der Waals surface area contributed by atoms with Gasteiger partial charge in [-0.1, -0.05) is 30.3 Å². The average molecular weight is 391 g/mol. The lowest BCUT2D eigenvalue weighted by Crippen LogP contribution is -2.52. The molecule has 1 aliphatic rings. The summed E-state index contributed by atoms with van der Waals surface area (Å²) >= 11 is 0. The fraction of sp³-hybridized carbons (Fsp3) is 0.682. The van der Waals surface area contributed by atoms with Crippen molar-refractivity contribution in [3.63, 3.8) is 0 Å². The number of guanidine groups is 1. The molecule has 1 fully saturated rings. The quantitative estimate of drug-likeness (QED) is 0.308. The van der Waals surface area contributed by atoms with Crippen LogP contribution in [-0.4, -0.2) is 57.6 Å². The van der Waals surface area contributed by atoms with Crippen LogP contribution in [0.15, 0.2) is 35.3 Å². The zero-order chi connectivity index (χ0) is 20.2. The van der Waals surface area contributed by atoms with Crippen molar-refractivity contribution in [3.05, 3.63) is 35.9 Å². The van der Waals surface area contributed by atoms with Gasteiger partial charge in [0.15, 0.2) is 5.96 Å². The Morgan fingerprint density at radius 3 is 2.75 bits per heavy atom. The Morgan fingerprint density at radius 1 is 1.29 bits per heavy atom. The van der Waals surface area contributed by atoms with Gasteiger partial charge in [0.2, 0.25) is 0 Å². The van der Waals surface area contributed by atoms with E-state index in [-0.39, 0.29) is 11.6 Å². The summed E-state index contributed by atoms with van der Waals surface area (Å²) in [6.07, 6.45) is 3.53. The topological polar surface area (TPSA) is 66.9 Å². The summed E-state index contributed by atoms with van der Waals surface area (Å²) in [5.41, 5.74) is 1.22. The van der Waals surface area contributed by atoms with Crippen LogP contribution in [0.3, 0.4) is 0 Å². The van der Waals surface area contributed by atoms with Crippen LogP contribution in [0, 0.1) is 0 Å². The number of benzene rings is 1. The second-order valence-corrected chi connectivity index (χ2v) is 8.08. The zero-order valence-electron chi connectivity index (χ0n) is 18.0. The summed E-state index contributed by atoms with van der Waals surface area (Å²) in [7, 11) is 1.80. The van der Waals surface area contributed by atoms with Gasteiger partial charge < -0.3 is 25.4 Å². The third kappa shape index (κ3) is 8.59. The van der Waals surface area contributed by atoms with E-state index >= 15 is 0 Å². The first kappa shape index (κ1) is 22.7. The van der Waals surface area contributed by atoms with Crippen LogP contribution in [0.2, 0.25) is 0 Å². The van der Waals surface area contributed by atoms with E-state index in [0.717, 1.165) is 51.5 Å². The van der Waals surface area contributed by atoms with Crippen LogP contribution in [-0.2, 0) is 9.47 Å². The molecule has 2 rings (SSSR count). The Labute approximate surface area is 170 Å². The molecule has 6 nitrogen and oxygen atoms in total. The minimum absolute atomic E-state index is 0.0722. The number of nitrogens with zero attached hydrogens (tertiary/aromatic N) is 1. The molecule has 28 heavy (non-hydrogen) atoms. The molecule has 1 aromatic carbocycles. The third-order valence-electron chi connectivity index (χ3n) is 4.91. The molecular weight excluding hydrogens is 352 g/mol. The molecule has 0 bridgehead atoms. The van der Waals surface area contributed by atoms with Crippen molar-refractivity contribution in [1.29, 1.82) is 0 Å². The molecule has 2 unspecified atom stereocenters. The van der Waals surface area contributed by atoms with Gasteiger partial charge in [-0.3, -0.25) is 4.99 Å². The van der Waals surface area contributed by atoms with Gasteiger partial charge in [-0.05, 0) is 45.6 Å². The summed E-state index contributed by atoms with van der Waals surface area (Å²) in [5, 5.41) is 10.5. The number of ether oxygens (including phenoxy) is 2. The average Bonchev–Trinajstić information content (AvgIpc) is 3.20. The molecule has 0 amide bonds. The molecule has 158 valence electrons. The molecule has 0 aliphatic carbocycles. The van der Waals surface area contributed by atoms with E-state index in [1.165, 1.54) is 5.56 Å². The van der Waals surface area contributed by atoms with Crippen LogP contribution in [0.25, 0.3) is 0 Å². The number of hydrogen-bond donors (Lipinski definition) is 3. The summed E-state index contributed by atoms with van der Waals surface area (Å²) in [6.45, 7) is 10.5. The Hall–Kier alpha value is -1.63. The fourth-order valence-corrected chi connectivity index (χ4v) is 3.36. The molecule has 1 aliphatic heterocycles. The van der Waals surface area contributed by atoms with Crippen molar-refractivity contribution in [1.82, 2.24) is 16.0 Å². The molecule has 6 heteroatoms. The van der Waals surface area contributed by atoms with E-state index in [4.69, 9.17) is 9.47 Å². The molecule has 0 spiro atoms. The van der Waals surface area contributed by atoms with E-state index in [9.17, 15) is 0 Å². The van der Waals surface area contributed by atoms with Crippen LogP contribution in [0.4, 0.5) is 0 Å². The first-order chi connectivity index (χ1) is 13.5. The van der Waals surface area contributed by atoms with Gasteiger partial charge in [-0.2, -0.15) is 0 Å². The van der Waals surface area contributed by atoms with Crippen LogP contribution in [0.5, 0.6) is 0 Å². The van der Waals surface area contributed by atoms with Gasteiger partial charge >= 0.3 is 0 Å². The molecule has 0 saturated carbocycles. The standard InChI is InChI=1S/C22H38N4O2/c1-18(19-10-6-5-7-11-19)26-22(2,3)17-25-21(23-4)24-13-9-14-27-16-20-12-8-15-28-20/h5-7,10-11,18,20,26H,8-9,12-17H2,1-4H3,(H2,23,24,25). The minimum atomic E-state index is -0.0722. The van der Waals surface area contributed by atoms with Crippen LogP contribution in [0.1, 0.15) is 51.6 Å². The third-order valence-corrected chi connectivity index (χ3v) is 4.91. The number of aliphatic imine (C=N–C) groups is 1. The van der Waals surface area contributed by atoms with Crippen molar-refractivity contribution >= 4 is 5.96 Å². The lowest BCUT2D eigenvalue weighted by atomic mass is 10.0. The highest BCUT2D eigenvalue weighted by Gasteiger charge is 2.21. The van der Waals surface area contributed by atoms with E-state index in [1.54, 1.807) is 7.05 Å². The van der Waals surface area contributed by atoms with Gasteiger partial charge in [0.05, 0.1) is 12.7 Å². The molecule has 2 atom stereocenters. The summed E-state index contributed by atoms with van der Waals surface area (Å²) < 4.78 is 11.3. The fourth-order valence-electron chi connectivity index (χ4n) is 3.36. The lowest BCUT2D eigenvalue weighted by Gasteiger charge is -2.31. The zero-order valence-corrected chi connectivity index (χ0v) is 18.0. The van der Waals surface area contributed by atoms with Crippen molar-refractivity contribution in [3.8, 4) is 0 Å². The van der Waals surface area contributed by atoms with Crippen molar-refractivity contribution < 1.29 is 9.47 Å². The number of rotatable bonds is 11. The molecule has 1 aromatic rings. The van der Waals surface area contributed by atoms with E-state index in [2.05, 4.69) is 66.0 Å². The summed E-state index contributed by atoms with van der Waals surface area (Å²) in [4.78, 5) is 4.32. The van der Waals surface area contributed by atoms with Crippen molar-refractivity contribution in [2.75, 3.05) is 40.0 Å². The van der Waals surface area contributed by atoms with Gasteiger partial charge in [-0.25, -0.2) is 0 Å². The predicted molar refractivity (Wildman–Crippen MR) is 116 cm³/mol. The maximum atomic E-state index is 5.70. The smallest absolute Gasteiger partial charge is 0.191 e. The first-order valence-electron chi connectivity index (χ1n) is 10.5. The second-order valence-electron chi connectivity index (χ2n) is 8.08. The van der Waals surface area contributed by atoms with Gasteiger partial charge in [0.25, 0.3) is 0 Å². The molecule has 1 heterocycles. The van der Waals surface area contributed by atoms with E-state index in [0.29, 0.717) is 12.7 Å². The van der Waals surface area contributed by atoms with Crippen LogP contribution >= 0.6 is 0 Å². The molecule has 0 radical (unpaired) electrons. The molecular formula is C22H38N4O2. The lowest BCUT2D eigenvalue weighted by molar-refractivity contribution is 0.0168. The molecule has 3 N–H and O–H groups in total. The first-order valence-corrected chi connectivity index (χ1v) is 10.5. The number of hydrogen-bond acceptors (Lipinski definition) is 4. The van der Waals surface area contributed by atoms with E-state index in [1.807, 2.05) is 6.07 Å². The Bertz CT molecular complexity index is 571. The summed E-state index contributed by atoms with van der Waals surface area (Å²) in [5.74, 6) is 0.821. The predicted octanol–water partition coefficient (Wildman–Crippen LogP) is 2.87. The molecule has 0 aromatic heterocycles. The van der Waals surface area contributed by atoms with Crippen LogP contribution < -0.4 is 16.0 Å². The largest absolute Gasteiger partial charge is 0.379 e. The van der Waals surface area contributed by atoms with Gasteiger partial charge in [0.1, 0.15) is 0 Å². The van der Waals surface area contributed by atoms with Crippen molar-refractivity contribution in [2.45, 2.75) is 57.7 Å². The Morgan fingerprint density at radius 2 is 2.07 bits per heavy atom. The van der Waals surface area contributed by atoms with Gasteiger partial charge in [-0.15, -0.1) is 0 Å². The Kier molecular flexibility index (Phi) is 9.75. The highest BCUT2D eigenvalue weighted by Crippen LogP contribution is 2.15. The van der Waals surface area contributed by atoms with Gasteiger partial charge in [0, 0.05) is 44.9 Å². The molecule has 1 saturated heterocycles. The summed E-state index contributed by atoms with van der Waals surface area (Å²) in [6, 6.07) is 10.8. The monoisotopic (exact) mass is 390 g/mol. The van der Waals surface area contributed by atoms with E-state index < -0.39 is 0 Å². The van der Waals surface area contributed by atoms with Crippen molar-refractivity contribution in [2.24, 2.45) is 4.99 Å². The normalized spacial score (nSPS) is 18.9. The highest BCUT2D eigenvalue weighted by molar-refractivity contribution is 5.79.